The highest BCUT2D eigenvalue weighted by Crippen LogP contribution is 2.25. The molecule has 1 N–H and O–H groups in total. The highest BCUT2D eigenvalue weighted by Gasteiger charge is 2.35. The zero-order valence-corrected chi connectivity index (χ0v) is 18.9. The molecule has 0 bridgehead atoms. The molecule has 156 valence electrons. The number of amides is 3. The van der Waals surface area contributed by atoms with E-state index in [1.165, 1.54) is 4.90 Å². The van der Waals surface area contributed by atoms with E-state index in [9.17, 15) is 14.4 Å². The summed E-state index contributed by atoms with van der Waals surface area (Å²) in [5.74, 6) is -0.498. The molecule has 0 saturated heterocycles. The number of rotatable bonds is 4. The first kappa shape index (κ1) is 20.3. The number of para-hydroxylation sites is 1. The number of hydrogen-bond donors (Lipinski definition) is 1. The third-order valence-corrected chi connectivity index (χ3v) is 6.27. The number of carbonyl (C=O) groups excluding carboxylic acids is 3. The maximum Gasteiger partial charge on any atom is 0.261 e. The van der Waals surface area contributed by atoms with Crippen LogP contribution in [0.25, 0.3) is 10.9 Å². The molecular formula is C25H16IN3O3. The van der Waals surface area contributed by atoms with Crippen molar-refractivity contribution in [2.75, 3.05) is 5.32 Å². The number of hydrogen-bond acceptors (Lipinski definition) is 4. The Balaban J connectivity index is 1.38. The van der Waals surface area contributed by atoms with Gasteiger partial charge in [0.15, 0.2) is 0 Å². The van der Waals surface area contributed by atoms with Gasteiger partial charge in [0.2, 0.25) is 0 Å². The minimum Gasteiger partial charge on any atom is -0.307 e. The topological polar surface area (TPSA) is 79.4 Å². The van der Waals surface area contributed by atoms with Crippen LogP contribution in [0.3, 0.4) is 0 Å². The number of pyridine rings is 1. The van der Waals surface area contributed by atoms with Crippen LogP contribution in [-0.4, -0.2) is 27.6 Å². The van der Waals surface area contributed by atoms with E-state index in [1.807, 2.05) is 36.4 Å². The second kappa shape index (κ2) is 8.16. The van der Waals surface area contributed by atoms with Gasteiger partial charge >= 0.3 is 0 Å². The lowest BCUT2D eigenvalue weighted by Gasteiger charge is -2.15. The Bertz CT molecular complexity index is 1380. The van der Waals surface area contributed by atoms with Crippen LogP contribution >= 0.6 is 22.6 Å². The standard InChI is InChI=1S/C25H16IN3O3/c26-20-11-9-15(14-29-24(31)17-6-2-3-7-18(17)25(29)32)13-19(20)23(30)28-22-12-10-16-5-1-4-8-21(16)27-22/h1-13H,14H2,(H,27,28,30). The first-order chi connectivity index (χ1) is 15.5. The Morgan fingerprint density at radius 1 is 0.875 bits per heavy atom. The molecule has 1 aliphatic heterocycles. The summed E-state index contributed by atoms with van der Waals surface area (Å²) in [5, 5.41) is 3.83. The molecule has 2 heterocycles. The van der Waals surface area contributed by atoms with E-state index >= 15 is 0 Å². The van der Waals surface area contributed by atoms with E-state index in [4.69, 9.17) is 0 Å². The smallest absolute Gasteiger partial charge is 0.261 e. The van der Waals surface area contributed by atoms with Gasteiger partial charge in [-0.25, -0.2) is 4.98 Å². The molecule has 3 amide bonds. The third kappa shape index (κ3) is 3.64. The van der Waals surface area contributed by atoms with Crippen LogP contribution in [0.2, 0.25) is 0 Å². The summed E-state index contributed by atoms with van der Waals surface area (Å²) in [6, 6.07) is 23.4. The van der Waals surface area contributed by atoms with Gasteiger partial charge in [0, 0.05) is 8.96 Å². The highest BCUT2D eigenvalue weighted by molar-refractivity contribution is 14.1. The zero-order valence-electron chi connectivity index (χ0n) is 16.7. The van der Waals surface area contributed by atoms with Crippen molar-refractivity contribution in [3.63, 3.8) is 0 Å². The van der Waals surface area contributed by atoms with E-state index in [0.29, 0.717) is 28.1 Å². The molecule has 0 spiro atoms. The van der Waals surface area contributed by atoms with Crippen molar-refractivity contribution in [3.8, 4) is 0 Å². The number of halogens is 1. The van der Waals surface area contributed by atoms with Gasteiger partial charge in [0.05, 0.1) is 28.8 Å². The van der Waals surface area contributed by atoms with Crippen LogP contribution < -0.4 is 5.32 Å². The monoisotopic (exact) mass is 533 g/mol. The largest absolute Gasteiger partial charge is 0.307 e. The molecule has 7 heteroatoms. The van der Waals surface area contributed by atoms with Gasteiger partial charge in [-0.3, -0.25) is 19.3 Å². The number of anilines is 1. The molecule has 1 aromatic heterocycles. The second-order valence-electron chi connectivity index (χ2n) is 7.40. The normalized spacial score (nSPS) is 12.8. The molecule has 0 aliphatic carbocycles. The number of carbonyl (C=O) groups is 3. The first-order valence-corrected chi connectivity index (χ1v) is 11.0. The fraction of sp³-hybridized carbons (Fsp3) is 0.0400. The van der Waals surface area contributed by atoms with Gasteiger partial charge in [0.1, 0.15) is 5.82 Å². The van der Waals surface area contributed by atoms with Gasteiger partial charge in [-0.1, -0.05) is 36.4 Å². The van der Waals surface area contributed by atoms with E-state index in [2.05, 4.69) is 32.9 Å². The van der Waals surface area contributed by atoms with Crippen molar-refractivity contribution >= 4 is 57.0 Å². The summed E-state index contributed by atoms with van der Waals surface area (Å²) < 4.78 is 0.756. The summed E-state index contributed by atoms with van der Waals surface area (Å²) in [7, 11) is 0. The molecule has 0 atom stereocenters. The molecule has 5 rings (SSSR count). The molecule has 1 aliphatic rings. The van der Waals surface area contributed by atoms with Gasteiger partial charge in [0.25, 0.3) is 17.7 Å². The SMILES string of the molecule is O=C(Nc1ccc2ccccc2n1)c1cc(CN2C(=O)c3ccccc3C2=O)ccc1I. The lowest BCUT2D eigenvalue weighted by atomic mass is 10.1. The van der Waals surface area contributed by atoms with Crippen molar-refractivity contribution in [3.05, 3.63) is 105 Å². The van der Waals surface area contributed by atoms with E-state index in [1.54, 1.807) is 42.5 Å². The molecule has 0 unspecified atom stereocenters. The average molecular weight is 533 g/mol. The average Bonchev–Trinajstić information content (AvgIpc) is 3.05. The summed E-state index contributed by atoms with van der Waals surface area (Å²) in [6.07, 6.45) is 0. The summed E-state index contributed by atoms with van der Waals surface area (Å²) in [5.41, 5.74) is 2.75. The van der Waals surface area contributed by atoms with Crippen LogP contribution in [0.15, 0.2) is 78.9 Å². The van der Waals surface area contributed by atoms with Crippen molar-refractivity contribution in [1.29, 1.82) is 0 Å². The number of aromatic nitrogens is 1. The molecule has 0 saturated carbocycles. The summed E-state index contributed by atoms with van der Waals surface area (Å²) in [6.45, 7) is 0.0950. The Kier molecular flexibility index (Phi) is 5.18. The molecule has 4 aromatic rings. The van der Waals surface area contributed by atoms with E-state index in [-0.39, 0.29) is 24.3 Å². The van der Waals surface area contributed by atoms with Gasteiger partial charge in [-0.2, -0.15) is 0 Å². The fourth-order valence-electron chi connectivity index (χ4n) is 3.73. The first-order valence-electron chi connectivity index (χ1n) is 9.92. The van der Waals surface area contributed by atoms with Crippen molar-refractivity contribution in [2.45, 2.75) is 6.54 Å². The maximum absolute atomic E-state index is 13.0. The fourth-order valence-corrected chi connectivity index (χ4v) is 4.31. The van der Waals surface area contributed by atoms with Crippen LogP contribution in [-0.2, 0) is 6.54 Å². The van der Waals surface area contributed by atoms with Crippen LogP contribution in [0.1, 0.15) is 36.6 Å². The Labute approximate surface area is 197 Å². The second-order valence-corrected chi connectivity index (χ2v) is 8.56. The predicted molar refractivity (Wildman–Crippen MR) is 130 cm³/mol. The van der Waals surface area contributed by atoms with Crippen LogP contribution in [0.5, 0.6) is 0 Å². The summed E-state index contributed by atoms with van der Waals surface area (Å²) in [4.78, 5) is 44.0. The molecule has 6 nitrogen and oxygen atoms in total. The molecule has 3 aromatic carbocycles. The third-order valence-electron chi connectivity index (χ3n) is 5.33. The van der Waals surface area contributed by atoms with Crippen LogP contribution in [0.4, 0.5) is 5.82 Å². The minimum absolute atomic E-state index is 0.0950. The quantitative estimate of drug-likeness (QED) is 0.300. The maximum atomic E-state index is 13.0. The molecular weight excluding hydrogens is 517 g/mol. The number of nitrogens with one attached hydrogen (secondary N) is 1. The van der Waals surface area contributed by atoms with Gasteiger partial charge < -0.3 is 5.32 Å². The highest BCUT2D eigenvalue weighted by atomic mass is 127. The minimum atomic E-state index is -0.324. The molecule has 32 heavy (non-hydrogen) atoms. The Morgan fingerprint density at radius 3 is 2.31 bits per heavy atom. The number of benzene rings is 3. The van der Waals surface area contributed by atoms with E-state index < -0.39 is 0 Å². The lowest BCUT2D eigenvalue weighted by Crippen LogP contribution is -2.29. The van der Waals surface area contributed by atoms with Crippen molar-refractivity contribution in [2.24, 2.45) is 0 Å². The van der Waals surface area contributed by atoms with Crippen molar-refractivity contribution < 1.29 is 14.4 Å². The van der Waals surface area contributed by atoms with Crippen LogP contribution in [0, 0.1) is 3.57 Å². The van der Waals surface area contributed by atoms with Gasteiger partial charge in [-0.15, -0.1) is 0 Å². The summed E-state index contributed by atoms with van der Waals surface area (Å²) >= 11 is 2.09. The van der Waals surface area contributed by atoms with Gasteiger partial charge in [-0.05, 0) is 70.6 Å². The lowest BCUT2D eigenvalue weighted by molar-refractivity contribution is 0.0642. The Morgan fingerprint density at radius 2 is 1.56 bits per heavy atom. The zero-order chi connectivity index (χ0) is 22.2. The number of fused-ring (bicyclic) bond motifs is 2. The molecule has 0 fully saturated rings. The van der Waals surface area contributed by atoms with Crippen molar-refractivity contribution in [1.82, 2.24) is 9.88 Å². The number of nitrogens with zero attached hydrogens (tertiary/aromatic N) is 2. The number of imide groups is 1. The predicted octanol–water partition coefficient (Wildman–Crippen LogP) is 4.89. The van der Waals surface area contributed by atoms with E-state index in [0.717, 1.165) is 14.5 Å². The molecule has 0 radical (unpaired) electrons. The Hall–Kier alpha value is -3.59.